The number of rotatable bonds is 2. The zero-order chi connectivity index (χ0) is 13.8. The van der Waals surface area contributed by atoms with Gasteiger partial charge in [0.05, 0.1) is 5.60 Å². The van der Waals surface area contributed by atoms with Crippen molar-refractivity contribution in [3.05, 3.63) is 35.4 Å². The van der Waals surface area contributed by atoms with E-state index < -0.39 is 5.60 Å². The molecule has 108 valence electrons. The summed E-state index contributed by atoms with van der Waals surface area (Å²) in [5, 5.41) is 11.7. The van der Waals surface area contributed by atoms with Gasteiger partial charge in [0, 0.05) is 12.0 Å². The molecule has 0 spiro atoms. The number of fused-ring (bicyclic) bond motifs is 3. The Morgan fingerprint density at radius 2 is 1.60 bits per heavy atom. The molecule has 0 heterocycles. The average molecular weight is 271 g/mol. The first-order chi connectivity index (χ1) is 9.69. The van der Waals surface area contributed by atoms with Crippen LogP contribution in [0.3, 0.4) is 0 Å². The molecule has 1 aromatic carbocycles. The second-order valence-corrected chi connectivity index (χ2v) is 7.31. The van der Waals surface area contributed by atoms with Gasteiger partial charge in [-0.2, -0.15) is 0 Å². The van der Waals surface area contributed by atoms with E-state index in [4.69, 9.17) is 5.73 Å². The maximum absolute atomic E-state index is 11.7. The van der Waals surface area contributed by atoms with Gasteiger partial charge in [-0.1, -0.05) is 30.7 Å². The average Bonchev–Trinajstić information content (AvgIpc) is 2.61. The van der Waals surface area contributed by atoms with Crippen molar-refractivity contribution in [1.82, 2.24) is 0 Å². The first-order valence-corrected chi connectivity index (χ1v) is 8.19. The van der Waals surface area contributed by atoms with Crippen LogP contribution in [-0.4, -0.2) is 17.3 Å². The molecule has 0 saturated heterocycles. The lowest BCUT2D eigenvalue weighted by atomic mass is 9.53. The first-order valence-electron chi connectivity index (χ1n) is 8.19. The van der Waals surface area contributed by atoms with Gasteiger partial charge in [0.2, 0.25) is 0 Å². The summed E-state index contributed by atoms with van der Waals surface area (Å²) in [4.78, 5) is 0. The van der Waals surface area contributed by atoms with Gasteiger partial charge in [0.25, 0.3) is 0 Å². The van der Waals surface area contributed by atoms with Crippen molar-refractivity contribution in [2.45, 2.75) is 50.5 Å². The third kappa shape index (κ3) is 1.47. The smallest absolute Gasteiger partial charge is 0.0778 e. The van der Waals surface area contributed by atoms with Gasteiger partial charge in [-0.25, -0.2) is 0 Å². The number of benzene rings is 1. The van der Waals surface area contributed by atoms with Crippen molar-refractivity contribution in [3.63, 3.8) is 0 Å². The van der Waals surface area contributed by atoms with Crippen molar-refractivity contribution in [1.29, 1.82) is 0 Å². The van der Waals surface area contributed by atoms with Crippen LogP contribution < -0.4 is 5.73 Å². The molecule has 2 unspecified atom stereocenters. The van der Waals surface area contributed by atoms with Gasteiger partial charge >= 0.3 is 0 Å². The maximum Gasteiger partial charge on any atom is 0.0778 e. The summed E-state index contributed by atoms with van der Waals surface area (Å²) < 4.78 is 0. The molecule has 2 atom stereocenters. The van der Waals surface area contributed by atoms with Crippen molar-refractivity contribution in [2.24, 2.45) is 23.0 Å². The predicted molar refractivity (Wildman–Crippen MR) is 80.4 cm³/mol. The largest absolute Gasteiger partial charge is 0.389 e. The summed E-state index contributed by atoms with van der Waals surface area (Å²) in [5.74, 6) is 0.833. The fraction of sp³-hybridized carbons (Fsp3) is 0.667. The molecule has 0 aromatic heterocycles. The number of aliphatic hydroxyl groups is 1. The van der Waals surface area contributed by atoms with Crippen LogP contribution >= 0.6 is 0 Å². The summed E-state index contributed by atoms with van der Waals surface area (Å²) in [5.41, 5.74) is 8.56. The van der Waals surface area contributed by atoms with E-state index in [-0.39, 0.29) is 5.41 Å². The van der Waals surface area contributed by atoms with Crippen LogP contribution in [0, 0.1) is 17.3 Å². The lowest BCUT2D eigenvalue weighted by Crippen LogP contribution is -2.61. The van der Waals surface area contributed by atoms with E-state index in [0.717, 1.165) is 25.7 Å². The van der Waals surface area contributed by atoms with Gasteiger partial charge in [0.15, 0.2) is 0 Å². The highest BCUT2D eigenvalue weighted by molar-refractivity contribution is 5.33. The molecular formula is C18H25NO. The lowest BCUT2D eigenvalue weighted by Gasteiger charge is -2.56. The molecule has 2 nitrogen and oxygen atoms in total. The Labute approximate surface area is 121 Å². The van der Waals surface area contributed by atoms with E-state index in [1.165, 1.54) is 30.4 Å². The monoisotopic (exact) mass is 271 g/mol. The number of nitrogens with two attached hydrogens (primary N) is 1. The third-order valence-corrected chi connectivity index (χ3v) is 6.71. The summed E-state index contributed by atoms with van der Waals surface area (Å²) >= 11 is 0. The number of hydrogen-bond donors (Lipinski definition) is 2. The van der Waals surface area contributed by atoms with Crippen LogP contribution in [-0.2, 0) is 12.8 Å². The van der Waals surface area contributed by atoms with E-state index in [0.29, 0.717) is 18.4 Å². The molecule has 3 N–H and O–H groups in total. The van der Waals surface area contributed by atoms with E-state index in [2.05, 4.69) is 24.3 Å². The fourth-order valence-electron chi connectivity index (χ4n) is 5.42. The molecule has 0 aliphatic heterocycles. The standard InChI is InChI=1S/C18H25NO/c19-12-17(8-3-9-17)18(20)15-6-7-16(18)11-14-5-2-1-4-13(14)10-15/h1-2,4-5,15-16,20H,3,6-12,19H2. The number of hydrogen-bond acceptors (Lipinski definition) is 2. The van der Waals surface area contributed by atoms with Gasteiger partial charge in [-0.3, -0.25) is 0 Å². The maximum atomic E-state index is 11.7. The Balaban J connectivity index is 1.77. The second-order valence-electron chi connectivity index (χ2n) is 7.31. The highest BCUT2D eigenvalue weighted by Crippen LogP contribution is 2.61. The van der Waals surface area contributed by atoms with Crippen LogP contribution in [0.2, 0.25) is 0 Å². The highest BCUT2D eigenvalue weighted by Gasteiger charge is 2.63. The molecule has 4 rings (SSSR count). The topological polar surface area (TPSA) is 46.2 Å². The molecule has 2 fully saturated rings. The predicted octanol–water partition coefficient (Wildman–Crippen LogP) is 2.67. The van der Waals surface area contributed by atoms with Crippen LogP contribution in [0.4, 0.5) is 0 Å². The molecule has 20 heavy (non-hydrogen) atoms. The molecule has 3 aliphatic rings. The Kier molecular flexibility index (Phi) is 2.77. The summed E-state index contributed by atoms with van der Waals surface area (Å²) in [6.45, 7) is 0.660. The van der Waals surface area contributed by atoms with Gasteiger partial charge < -0.3 is 10.8 Å². The van der Waals surface area contributed by atoms with Crippen molar-refractivity contribution in [3.8, 4) is 0 Å². The second kappa shape index (κ2) is 4.32. The summed E-state index contributed by atoms with van der Waals surface area (Å²) in [6, 6.07) is 8.79. The van der Waals surface area contributed by atoms with E-state index in [9.17, 15) is 5.11 Å². The minimum atomic E-state index is -0.515. The molecule has 0 radical (unpaired) electrons. The zero-order valence-corrected chi connectivity index (χ0v) is 12.1. The van der Waals surface area contributed by atoms with Crippen molar-refractivity contribution in [2.75, 3.05) is 6.54 Å². The minimum Gasteiger partial charge on any atom is -0.389 e. The van der Waals surface area contributed by atoms with Crippen LogP contribution in [0.5, 0.6) is 0 Å². The van der Waals surface area contributed by atoms with Crippen molar-refractivity contribution >= 4 is 0 Å². The van der Waals surface area contributed by atoms with Gasteiger partial charge in [0.1, 0.15) is 0 Å². The fourth-order valence-corrected chi connectivity index (χ4v) is 5.42. The Morgan fingerprint density at radius 3 is 2.00 bits per heavy atom. The molecule has 2 bridgehead atoms. The van der Waals surface area contributed by atoms with Crippen LogP contribution in [0.15, 0.2) is 24.3 Å². The van der Waals surface area contributed by atoms with E-state index in [1.54, 1.807) is 0 Å². The Morgan fingerprint density at radius 1 is 1.05 bits per heavy atom. The summed E-state index contributed by atoms with van der Waals surface area (Å²) in [6.07, 6.45) is 7.95. The zero-order valence-electron chi connectivity index (χ0n) is 12.1. The van der Waals surface area contributed by atoms with Gasteiger partial charge in [-0.05, 0) is 61.5 Å². The quantitative estimate of drug-likeness (QED) is 0.868. The van der Waals surface area contributed by atoms with E-state index in [1.807, 2.05) is 0 Å². The molecule has 0 amide bonds. The minimum absolute atomic E-state index is 0.0148. The molecule has 3 aliphatic carbocycles. The molecule has 1 aromatic rings. The summed E-state index contributed by atoms with van der Waals surface area (Å²) in [7, 11) is 0. The highest BCUT2D eigenvalue weighted by atomic mass is 16.3. The third-order valence-electron chi connectivity index (χ3n) is 6.71. The van der Waals surface area contributed by atoms with Crippen molar-refractivity contribution < 1.29 is 5.11 Å². The van der Waals surface area contributed by atoms with Crippen LogP contribution in [0.1, 0.15) is 43.2 Å². The molecule has 2 saturated carbocycles. The van der Waals surface area contributed by atoms with E-state index >= 15 is 0 Å². The Hall–Kier alpha value is -0.860. The van der Waals surface area contributed by atoms with Crippen LogP contribution in [0.25, 0.3) is 0 Å². The molecule has 2 heteroatoms. The SMILES string of the molecule is NCC1(C2(O)C3CCC2Cc2ccccc2C3)CCC1. The normalized spacial score (nSPS) is 37.9. The Bertz CT molecular complexity index is 481. The molecular weight excluding hydrogens is 246 g/mol. The van der Waals surface area contributed by atoms with Gasteiger partial charge in [-0.15, -0.1) is 0 Å². The lowest BCUT2D eigenvalue weighted by molar-refractivity contribution is -0.170. The first kappa shape index (κ1) is 12.8.